The molecule has 84 valence electrons. The highest BCUT2D eigenvalue weighted by atomic mass is 32.3. The molecule has 2 aromatic rings. The molecule has 0 spiro atoms. The standard InChI is InChI=1S/C10H8O5S/c11-9-6-5-7-3-1-2-4-8(7)10(9)15-16(12,13)14/h1-6,11H,(H,12,13,14). The third kappa shape index (κ3) is 2.07. The first-order valence-corrected chi connectivity index (χ1v) is 5.71. The minimum atomic E-state index is -4.65. The molecule has 0 bridgehead atoms. The monoisotopic (exact) mass is 240 g/mol. The summed E-state index contributed by atoms with van der Waals surface area (Å²) in [7, 11) is -4.65. The molecule has 0 amide bonds. The molecular formula is C10H8O5S. The minimum absolute atomic E-state index is 0.277. The second-order valence-electron chi connectivity index (χ2n) is 3.15. The fourth-order valence-electron chi connectivity index (χ4n) is 1.42. The van der Waals surface area contributed by atoms with Gasteiger partial charge in [0.05, 0.1) is 0 Å². The molecular weight excluding hydrogens is 232 g/mol. The summed E-state index contributed by atoms with van der Waals surface area (Å²) in [6.45, 7) is 0. The molecule has 0 aliphatic heterocycles. The van der Waals surface area contributed by atoms with Crippen LogP contribution in [0.15, 0.2) is 36.4 Å². The normalized spacial score (nSPS) is 11.6. The molecule has 0 saturated carbocycles. The van der Waals surface area contributed by atoms with Crippen LogP contribution in [0.1, 0.15) is 0 Å². The number of phenolic OH excluding ortho intramolecular Hbond substituents is 1. The molecule has 0 unspecified atom stereocenters. The average molecular weight is 240 g/mol. The largest absolute Gasteiger partial charge is 0.504 e. The van der Waals surface area contributed by atoms with E-state index in [-0.39, 0.29) is 11.5 Å². The van der Waals surface area contributed by atoms with Gasteiger partial charge in [0, 0.05) is 5.39 Å². The van der Waals surface area contributed by atoms with Gasteiger partial charge in [0.1, 0.15) is 0 Å². The van der Waals surface area contributed by atoms with E-state index < -0.39 is 10.4 Å². The number of phenols is 1. The quantitative estimate of drug-likeness (QED) is 0.781. The van der Waals surface area contributed by atoms with E-state index in [2.05, 4.69) is 4.18 Å². The second-order valence-corrected chi connectivity index (χ2v) is 4.17. The Kier molecular flexibility index (Phi) is 2.45. The lowest BCUT2D eigenvalue weighted by Gasteiger charge is -2.07. The molecule has 2 N–H and O–H groups in total. The van der Waals surface area contributed by atoms with Gasteiger partial charge in [0.2, 0.25) is 0 Å². The Labute approximate surface area is 91.9 Å². The molecule has 6 heteroatoms. The van der Waals surface area contributed by atoms with Crippen molar-refractivity contribution in [3.05, 3.63) is 36.4 Å². The SMILES string of the molecule is O=S(=O)(O)Oc1c(O)ccc2ccccc12. The molecule has 0 aliphatic rings. The van der Waals surface area contributed by atoms with E-state index in [1.54, 1.807) is 30.3 Å². The molecule has 16 heavy (non-hydrogen) atoms. The third-order valence-corrected chi connectivity index (χ3v) is 2.42. The maximum atomic E-state index is 10.6. The van der Waals surface area contributed by atoms with Crippen LogP contribution in [0.4, 0.5) is 0 Å². The Hall–Kier alpha value is -1.79. The maximum Gasteiger partial charge on any atom is 0.446 e. The van der Waals surface area contributed by atoms with Gasteiger partial charge in [-0.25, -0.2) is 0 Å². The number of rotatable bonds is 2. The van der Waals surface area contributed by atoms with Gasteiger partial charge >= 0.3 is 10.4 Å². The zero-order valence-electron chi connectivity index (χ0n) is 7.99. The Morgan fingerprint density at radius 3 is 2.44 bits per heavy atom. The van der Waals surface area contributed by atoms with E-state index in [4.69, 9.17) is 4.55 Å². The van der Waals surface area contributed by atoms with Crippen molar-refractivity contribution in [3.8, 4) is 11.5 Å². The highest BCUT2D eigenvalue weighted by Gasteiger charge is 2.14. The summed E-state index contributed by atoms with van der Waals surface area (Å²) in [5, 5.41) is 10.6. The van der Waals surface area contributed by atoms with Crippen molar-refractivity contribution < 1.29 is 22.3 Å². The van der Waals surface area contributed by atoms with Gasteiger partial charge in [-0.1, -0.05) is 30.3 Å². The zero-order chi connectivity index (χ0) is 11.8. The van der Waals surface area contributed by atoms with Crippen molar-refractivity contribution in [2.75, 3.05) is 0 Å². The first-order chi connectivity index (χ1) is 7.47. The van der Waals surface area contributed by atoms with Crippen LogP contribution in [0.2, 0.25) is 0 Å². The minimum Gasteiger partial charge on any atom is -0.504 e. The Morgan fingerprint density at radius 1 is 1.06 bits per heavy atom. The molecule has 5 nitrogen and oxygen atoms in total. The van der Waals surface area contributed by atoms with Crippen LogP contribution in [0.25, 0.3) is 10.8 Å². The molecule has 0 heterocycles. The predicted molar refractivity (Wildman–Crippen MR) is 57.8 cm³/mol. The molecule has 0 radical (unpaired) electrons. The van der Waals surface area contributed by atoms with E-state index in [1.807, 2.05) is 0 Å². The van der Waals surface area contributed by atoms with Crippen LogP contribution < -0.4 is 4.18 Å². The molecule has 2 rings (SSSR count). The number of aromatic hydroxyl groups is 1. The van der Waals surface area contributed by atoms with Crippen LogP contribution in [0.5, 0.6) is 11.5 Å². The lowest BCUT2D eigenvalue weighted by atomic mass is 10.1. The first kappa shape index (κ1) is 10.7. The van der Waals surface area contributed by atoms with Crippen LogP contribution in [-0.4, -0.2) is 18.1 Å². The second kappa shape index (κ2) is 3.66. The van der Waals surface area contributed by atoms with Crippen LogP contribution >= 0.6 is 0 Å². The summed E-state index contributed by atoms with van der Waals surface area (Å²) >= 11 is 0. The van der Waals surface area contributed by atoms with Gasteiger partial charge in [0.15, 0.2) is 11.5 Å². The summed E-state index contributed by atoms with van der Waals surface area (Å²) in [4.78, 5) is 0. The molecule has 0 aliphatic carbocycles. The van der Waals surface area contributed by atoms with Crippen molar-refractivity contribution in [2.45, 2.75) is 0 Å². The topological polar surface area (TPSA) is 83.8 Å². The Balaban J connectivity index is 2.71. The van der Waals surface area contributed by atoms with Gasteiger partial charge in [-0.05, 0) is 11.5 Å². The van der Waals surface area contributed by atoms with E-state index in [0.29, 0.717) is 10.8 Å². The molecule has 2 aromatic carbocycles. The summed E-state index contributed by atoms with van der Waals surface area (Å²) in [5.41, 5.74) is 0. The Bertz CT molecular complexity index is 633. The van der Waals surface area contributed by atoms with Gasteiger partial charge in [-0.2, -0.15) is 8.42 Å². The van der Waals surface area contributed by atoms with Crippen molar-refractivity contribution >= 4 is 21.2 Å². The summed E-state index contributed by atoms with van der Waals surface area (Å²) in [5.74, 6) is -0.628. The van der Waals surface area contributed by atoms with Crippen molar-refractivity contribution in [1.82, 2.24) is 0 Å². The average Bonchev–Trinajstić information content (AvgIpc) is 2.21. The van der Waals surface area contributed by atoms with E-state index in [1.165, 1.54) is 6.07 Å². The lowest BCUT2D eigenvalue weighted by Crippen LogP contribution is -2.07. The van der Waals surface area contributed by atoms with Crippen LogP contribution in [0.3, 0.4) is 0 Å². The molecule has 0 saturated heterocycles. The molecule has 0 aromatic heterocycles. The van der Waals surface area contributed by atoms with E-state index in [9.17, 15) is 13.5 Å². The van der Waals surface area contributed by atoms with Crippen molar-refractivity contribution in [1.29, 1.82) is 0 Å². The fraction of sp³-hybridized carbons (Fsp3) is 0. The fourth-order valence-corrected chi connectivity index (χ4v) is 1.81. The number of fused-ring (bicyclic) bond motifs is 1. The maximum absolute atomic E-state index is 10.6. The van der Waals surface area contributed by atoms with Crippen LogP contribution in [0, 0.1) is 0 Å². The highest BCUT2D eigenvalue weighted by molar-refractivity contribution is 7.81. The molecule has 0 fully saturated rings. The highest BCUT2D eigenvalue weighted by Crippen LogP contribution is 2.35. The van der Waals surface area contributed by atoms with E-state index >= 15 is 0 Å². The first-order valence-electron chi connectivity index (χ1n) is 4.35. The number of benzene rings is 2. The van der Waals surface area contributed by atoms with Gasteiger partial charge in [0.25, 0.3) is 0 Å². The van der Waals surface area contributed by atoms with Crippen molar-refractivity contribution in [2.24, 2.45) is 0 Å². The summed E-state index contributed by atoms with van der Waals surface area (Å²) in [6, 6.07) is 9.64. The van der Waals surface area contributed by atoms with Gasteiger partial charge < -0.3 is 9.29 Å². The number of hydrogen-bond donors (Lipinski definition) is 2. The zero-order valence-corrected chi connectivity index (χ0v) is 8.81. The summed E-state index contributed by atoms with van der Waals surface area (Å²) < 4.78 is 34.2. The van der Waals surface area contributed by atoms with Gasteiger partial charge in [-0.15, -0.1) is 0 Å². The predicted octanol–water partition coefficient (Wildman–Crippen LogP) is 1.73. The third-order valence-electron chi connectivity index (χ3n) is 2.05. The lowest BCUT2D eigenvalue weighted by molar-refractivity contribution is 0.373. The smallest absolute Gasteiger partial charge is 0.446 e. The van der Waals surface area contributed by atoms with Crippen LogP contribution in [-0.2, 0) is 10.4 Å². The number of hydrogen-bond acceptors (Lipinski definition) is 4. The van der Waals surface area contributed by atoms with Gasteiger partial charge in [-0.3, -0.25) is 4.55 Å². The van der Waals surface area contributed by atoms with E-state index in [0.717, 1.165) is 0 Å². The Morgan fingerprint density at radius 2 is 1.75 bits per heavy atom. The van der Waals surface area contributed by atoms with Crippen molar-refractivity contribution in [3.63, 3.8) is 0 Å². The summed E-state index contributed by atoms with van der Waals surface area (Å²) in [6.07, 6.45) is 0. The molecule has 0 atom stereocenters.